The Labute approximate surface area is 355 Å². The normalized spacial score (nSPS) is 28.6. The number of anilines is 1. The SMILES string of the molecule is C=C[C@@H]1C[C@@]12NC(=O)[C@@H]1C[C@@H](OC(=O)N3Cc4cccc(F)c4C3)CN1C(=O)[C@@H](NC(=O)[C@H]1CCCN(CC)C1)CCCCCCCNc1ccc(F)cc1S(=O)(=O)NC2=O. The van der Waals surface area contributed by atoms with Crippen LogP contribution in [0.15, 0.2) is 53.9 Å². The van der Waals surface area contributed by atoms with Gasteiger partial charge in [-0.3, -0.25) is 24.1 Å². The molecular weight excluding hydrogens is 813 g/mol. The average Bonchev–Trinajstić information content (AvgIpc) is 3.53. The number of benzene rings is 2. The molecule has 15 nitrogen and oxygen atoms in total. The number of carbonyl (C=O) groups excluding carboxylic acids is 5. The first-order valence-corrected chi connectivity index (χ1v) is 22.8. The monoisotopic (exact) mass is 867 g/mol. The van der Waals surface area contributed by atoms with Gasteiger partial charge in [-0.15, -0.1) is 6.58 Å². The second-order valence-electron chi connectivity index (χ2n) is 16.8. The molecule has 6 atom stereocenters. The maximum absolute atomic E-state index is 14.8. The first-order valence-electron chi connectivity index (χ1n) is 21.3. The van der Waals surface area contributed by atoms with Gasteiger partial charge < -0.3 is 30.5 Å². The molecule has 5 amide bonds. The van der Waals surface area contributed by atoms with Crippen molar-refractivity contribution in [2.75, 3.05) is 38.0 Å². The van der Waals surface area contributed by atoms with Crippen LogP contribution < -0.4 is 20.7 Å². The van der Waals surface area contributed by atoms with Crippen LogP contribution in [0.25, 0.3) is 0 Å². The van der Waals surface area contributed by atoms with Crippen LogP contribution in [0.5, 0.6) is 0 Å². The smallest absolute Gasteiger partial charge is 0.410 e. The lowest BCUT2D eigenvalue weighted by Gasteiger charge is -2.33. The summed E-state index contributed by atoms with van der Waals surface area (Å²) in [6.45, 7) is 8.23. The minimum absolute atomic E-state index is 0.0160. The third kappa shape index (κ3) is 9.69. The zero-order chi connectivity index (χ0) is 43.5. The Balaban J connectivity index is 1.17. The lowest BCUT2D eigenvalue weighted by Crippen LogP contribution is -2.58. The quantitative estimate of drug-likeness (QED) is 0.321. The van der Waals surface area contributed by atoms with Crippen LogP contribution in [-0.2, 0) is 47.0 Å². The summed E-state index contributed by atoms with van der Waals surface area (Å²) in [7, 11) is -4.68. The van der Waals surface area contributed by atoms with Crippen LogP contribution in [0, 0.1) is 23.5 Å². The van der Waals surface area contributed by atoms with Crippen LogP contribution in [0.2, 0.25) is 0 Å². The summed E-state index contributed by atoms with van der Waals surface area (Å²) in [6, 6.07) is 5.49. The number of hydrogen-bond donors (Lipinski definition) is 4. The van der Waals surface area contributed by atoms with Crippen LogP contribution in [-0.4, -0.2) is 109 Å². The number of rotatable bonds is 5. The Morgan fingerprint density at radius 2 is 1.80 bits per heavy atom. The number of sulfonamides is 1. The molecule has 4 N–H and O–H groups in total. The van der Waals surface area contributed by atoms with Gasteiger partial charge >= 0.3 is 6.09 Å². The molecule has 4 heterocycles. The lowest BCUT2D eigenvalue weighted by atomic mass is 9.96. The van der Waals surface area contributed by atoms with E-state index in [-0.39, 0.29) is 56.4 Å². The van der Waals surface area contributed by atoms with Crippen LogP contribution in [0.3, 0.4) is 0 Å². The van der Waals surface area contributed by atoms with E-state index in [4.69, 9.17) is 4.74 Å². The summed E-state index contributed by atoms with van der Waals surface area (Å²) in [6.07, 6.45) is 4.64. The summed E-state index contributed by atoms with van der Waals surface area (Å²) < 4.78 is 64.4. The summed E-state index contributed by atoms with van der Waals surface area (Å²) in [5.74, 6) is -5.01. The molecule has 1 saturated carbocycles. The molecule has 18 heteroatoms. The largest absolute Gasteiger partial charge is 0.444 e. The second-order valence-corrected chi connectivity index (χ2v) is 18.5. The van der Waals surface area contributed by atoms with Crippen molar-refractivity contribution in [3.63, 3.8) is 0 Å². The fourth-order valence-electron chi connectivity index (χ4n) is 9.10. The van der Waals surface area contributed by atoms with Gasteiger partial charge in [0.15, 0.2) is 0 Å². The van der Waals surface area contributed by atoms with Crippen molar-refractivity contribution in [1.29, 1.82) is 0 Å². The van der Waals surface area contributed by atoms with E-state index in [1.54, 1.807) is 12.1 Å². The Morgan fingerprint density at radius 3 is 2.56 bits per heavy atom. The number of carbonyl (C=O) groups is 5. The van der Waals surface area contributed by atoms with Crippen molar-refractivity contribution >= 4 is 45.4 Å². The number of amides is 5. The van der Waals surface area contributed by atoms with Crippen molar-refractivity contribution in [3.8, 4) is 0 Å². The van der Waals surface area contributed by atoms with E-state index in [1.165, 1.54) is 28.0 Å². The molecule has 2 saturated heterocycles. The number of halogens is 2. The number of nitrogens with zero attached hydrogens (tertiary/aromatic N) is 3. The fraction of sp³-hybridized carbons (Fsp3) is 0.558. The third-order valence-corrected chi connectivity index (χ3v) is 14.1. The Kier molecular flexibility index (Phi) is 13.3. The summed E-state index contributed by atoms with van der Waals surface area (Å²) in [4.78, 5) is 74.9. The molecule has 1 aliphatic carbocycles. The minimum atomic E-state index is -4.68. The highest BCUT2D eigenvalue weighted by Crippen LogP contribution is 2.45. The molecule has 2 aromatic carbocycles. The first-order chi connectivity index (χ1) is 29.2. The molecule has 5 aliphatic rings. The highest BCUT2D eigenvalue weighted by Gasteiger charge is 2.61. The van der Waals surface area contributed by atoms with Gasteiger partial charge in [-0.05, 0) is 75.0 Å². The van der Waals surface area contributed by atoms with Gasteiger partial charge in [0.1, 0.15) is 40.3 Å². The van der Waals surface area contributed by atoms with Crippen molar-refractivity contribution in [2.24, 2.45) is 11.8 Å². The van der Waals surface area contributed by atoms with E-state index in [0.29, 0.717) is 49.9 Å². The number of piperidine rings is 1. The molecule has 1 spiro atoms. The highest BCUT2D eigenvalue weighted by molar-refractivity contribution is 7.90. The van der Waals surface area contributed by atoms with E-state index in [1.807, 2.05) is 11.6 Å². The predicted molar refractivity (Wildman–Crippen MR) is 220 cm³/mol. The number of ether oxygens (including phenoxy) is 1. The van der Waals surface area contributed by atoms with Crippen molar-refractivity contribution < 1.29 is 45.9 Å². The van der Waals surface area contributed by atoms with Gasteiger partial charge in [0.05, 0.1) is 24.7 Å². The summed E-state index contributed by atoms with van der Waals surface area (Å²) in [5, 5.41) is 8.78. The molecular formula is C43H55F2N7O8S. The summed E-state index contributed by atoms with van der Waals surface area (Å²) >= 11 is 0. The zero-order valence-corrected chi connectivity index (χ0v) is 35.2. The molecule has 0 radical (unpaired) electrons. The molecule has 330 valence electrons. The van der Waals surface area contributed by atoms with E-state index < -0.39 is 80.0 Å². The van der Waals surface area contributed by atoms with Gasteiger partial charge in [0.2, 0.25) is 17.7 Å². The number of likely N-dealkylation sites (tertiary alicyclic amines) is 1. The fourth-order valence-corrected chi connectivity index (χ4v) is 10.3. The van der Waals surface area contributed by atoms with Gasteiger partial charge in [-0.25, -0.2) is 26.7 Å². The van der Waals surface area contributed by atoms with E-state index >= 15 is 0 Å². The minimum Gasteiger partial charge on any atom is -0.444 e. The molecule has 0 unspecified atom stereocenters. The average molecular weight is 868 g/mol. The molecule has 3 fully saturated rings. The maximum atomic E-state index is 14.8. The van der Waals surface area contributed by atoms with Crippen molar-refractivity contribution in [2.45, 2.75) is 113 Å². The lowest BCUT2D eigenvalue weighted by molar-refractivity contribution is -0.143. The molecule has 4 aliphatic heterocycles. The van der Waals surface area contributed by atoms with E-state index in [9.17, 15) is 41.2 Å². The standard InChI is InChI=1S/C43H55F2N7O8S/c1-3-29-22-43(29)41(56)49-61(58,59)37-20-30(44)16-17-34(37)46-18-9-7-5-6-8-15-35(47-38(53)28-13-11-19-50(4-2)23-28)40(55)52-25-31(21-36(52)39(54)48-43)60-42(57)51-24-27-12-10-14-33(45)32(27)26-51/h3,10,12,14,16-17,20,28-29,31,35-36,46H,1,4-9,11,13,15,18-19,21-26H2,2H3,(H,47,53)(H,48,54)(H,49,56)/t28-,29+,31+,35-,36-,43+/m0/s1. The number of nitrogens with one attached hydrogen (secondary N) is 4. The van der Waals surface area contributed by atoms with Gasteiger partial charge in [0.25, 0.3) is 15.9 Å². The zero-order valence-electron chi connectivity index (χ0n) is 34.4. The van der Waals surface area contributed by atoms with Gasteiger partial charge in [0, 0.05) is 37.5 Å². The third-order valence-electron chi connectivity index (χ3n) is 12.7. The van der Waals surface area contributed by atoms with E-state index in [2.05, 4.69) is 27.4 Å². The molecule has 7 rings (SSSR count). The van der Waals surface area contributed by atoms with Gasteiger partial charge in [-0.1, -0.05) is 50.8 Å². The Morgan fingerprint density at radius 1 is 1.02 bits per heavy atom. The molecule has 2 aromatic rings. The number of hydrogen-bond acceptors (Lipinski definition) is 10. The van der Waals surface area contributed by atoms with Crippen LogP contribution >= 0.6 is 0 Å². The second kappa shape index (κ2) is 18.5. The van der Waals surface area contributed by atoms with Gasteiger partial charge in [-0.2, -0.15) is 0 Å². The van der Waals surface area contributed by atoms with Crippen molar-refractivity contribution in [3.05, 3.63) is 71.8 Å². The van der Waals surface area contributed by atoms with Crippen LogP contribution in [0.4, 0.5) is 19.3 Å². The summed E-state index contributed by atoms with van der Waals surface area (Å²) in [5.41, 5.74) is -0.680. The predicted octanol–water partition coefficient (Wildman–Crippen LogP) is 3.94. The number of fused-ring (bicyclic) bond motifs is 3. The highest BCUT2D eigenvalue weighted by atomic mass is 32.2. The Bertz CT molecular complexity index is 2160. The topological polar surface area (TPSA) is 187 Å². The van der Waals surface area contributed by atoms with Crippen molar-refractivity contribution in [1.82, 2.24) is 30.1 Å². The first kappa shape index (κ1) is 44.0. The maximum Gasteiger partial charge on any atom is 0.410 e. The molecule has 0 aromatic heterocycles. The molecule has 61 heavy (non-hydrogen) atoms. The molecule has 0 bridgehead atoms. The van der Waals surface area contributed by atoms with E-state index in [0.717, 1.165) is 44.5 Å². The Hall–Kier alpha value is -5.10. The van der Waals surface area contributed by atoms with Crippen LogP contribution in [0.1, 0.15) is 82.3 Å².